The molecule has 0 bridgehead atoms. The van der Waals surface area contributed by atoms with Crippen molar-refractivity contribution < 1.29 is 9.15 Å². The zero-order valence-corrected chi connectivity index (χ0v) is 21.4. The van der Waals surface area contributed by atoms with Crippen LogP contribution in [0.3, 0.4) is 0 Å². The third-order valence-electron chi connectivity index (χ3n) is 6.53. The van der Waals surface area contributed by atoms with Crippen molar-refractivity contribution in [3.05, 3.63) is 54.0 Å². The molecular formula is C25H37IN4O2. The number of hydrogen-bond acceptors (Lipinski definition) is 4. The van der Waals surface area contributed by atoms with Crippen molar-refractivity contribution in [2.45, 2.75) is 63.6 Å². The van der Waals surface area contributed by atoms with Crippen molar-refractivity contribution in [3.8, 4) is 5.75 Å². The molecular weight excluding hydrogens is 515 g/mol. The van der Waals surface area contributed by atoms with Gasteiger partial charge in [0.1, 0.15) is 11.5 Å². The van der Waals surface area contributed by atoms with Crippen LogP contribution in [0, 0.1) is 0 Å². The van der Waals surface area contributed by atoms with E-state index in [1.807, 2.05) is 24.3 Å². The standard InChI is InChI=1S/C25H36N4O2.HI/c1-30-23-10-8-20(9-11-23)19-27-25(26-15-12-24-7-4-18-31-24)28-21-13-16-29(17-14-21)22-5-2-3-6-22;/h4,7-11,18,21-22H,2-3,5-6,12-17,19H2,1H3,(H2,26,27,28);1H. The summed E-state index contributed by atoms with van der Waals surface area (Å²) in [4.78, 5) is 7.58. The summed E-state index contributed by atoms with van der Waals surface area (Å²) in [6.45, 7) is 3.82. The normalized spacial score (nSPS) is 18.3. The summed E-state index contributed by atoms with van der Waals surface area (Å²) in [6.07, 6.45) is 10.5. The summed E-state index contributed by atoms with van der Waals surface area (Å²) in [5, 5.41) is 7.20. The zero-order chi connectivity index (χ0) is 21.3. The molecule has 2 aromatic rings. The fourth-order valence-electron chi connectivity index (χ4n) is 4.68. The lowest BCUT2D eigenvalue weighted by Crippen LogP contribution is -2.50. The van der Waals surface area contributed by atoms with Crippen LogP contribution in [0.2, 0.25) is 0 Å². The predicted octanol–water partition coefficient (Wildman–Crippen LogP) is 4.59. The number of guanidine groups is 1. The predicted molar refractivity (Wildman–Crippen MR) is 140 cm³/mol. The molecule has 1 saturated heterocycles. The van der Waals surface area contributed by atoms with Gasteiger partial charge in [-0.05, 0) is 55.5 Å². The number of rotatable bonds is 8. The van der Waals surface area contributed by atoms with Gasteiger partial charge in [-0.25, -0.2) is 4.99 Å². The molecule has 0 radical (unpaired) electrons. The molecule has 1 aliphatic carbocycles. The molecule has 1 aliphatic heterocycles. The molecule has 0 amide bonds. The second kappa shape index (κ2) is 13.1. The SMILES string of the molecule is COc1ccc(CN=C(NCCc2ccco2)NC2CCN(C3CCCC3)CC2)cc1.I. The second-order valence-corrected chi connectivity index (χ2v) is 8.66. The first-order chi connectivity index (χ1) is 15.3. The van der Waals surface area contributed by atoms with Crippen molar-refractivity contribution in [2.75, 3.05) is 26.7 Å². The van der Waals surface area contributed by atoms with Crippen molar-refractivity contribution in [2.24, 2.45) is 4.99 Å². The monoisotopic (exact) mass is 552 g/mol. The van der Waals surface area contributed by atoms with Gasteiger partial charge in [0.25, 0.3) is 0 Å². The number of nitrogens with one attached hydrogen (secondary N) is 2. The van der Waals surface area contributed by atoms with Gasteiger partial charge in [0.05, 0.1) is 19.9 Å². The van der Waals surface area contributed by atoms with E-state index in [2.05, 4.69) is 27.7 Å². The topological polar surface area (TPSA) is 62.0 Å². The lowest BCUT2D eigenvalue weighted by atomic mass is 10.0. The molecule has 2 N–H and O–H groups in total. The molecule has 2 heterocycles. The third kappa shape index (κ3) is 7.40. The lowest BCUT2D eigenvalue weighted by molar-refractivity contribution is 0.150. The van der Waals surface area contributed by atoms with Crippen LogP contribution < -0.4 is 15.4 Å². The average molecular weight is 553 g/mol. The number of halogens is 1. The number of benzene rings is 1. The Balaban J connectivity index is 0.00000289. The molecule has 4 rings (SSSR count). The minimum Gasteiger partial charge on any atom is -0.497 e. The highest BCUT2D eigenvalue weighted by molar-refractivity contribution is 14.0. The Morgan fingerprint density at radius 2 is 1.84 bits per heavy atom. The Labute approximate surface area is 209 Å². The van der Waals surface area contributed by atoms with Crippen LogP contribution in [0.25, 0.3) is 0 Å². The van der Waals surface area contributed by atoms with E-state index in [-0.39, 0.29) is 24.0 Å². The largest absolute Gasteiger partial charge is 0.497 e. The third-order valence-corrected chi connectivity index (χ3v) is 6.53. The summed E-state index contributed by atoms with van der Waals surface area (Å²) in [7, 11) is 1.69. The highest BCUT2D eigenvalue weighted by Gasteiger charge is 2.27. The number of furan rings is 1. The molecule has 2 aliphatic rings. The highest BCUT2D eigenvalue weighted by Crippen LogP contribution is 2.26. The van der Waals surface area contributed by atoms with E-state index in [1.165, 1.54) is 57.2 Å². The van der Waals surface area contributed by atoms with Crippen LogP contribution in [0.1, 0.15) is 49.8 Å². The molecule has 176 valence electrons. The summed E-state index contributed by atoms with van der Waals surface area (Å²) in [5.41, 5.74) is 1.17. The average Bonchev–Trinajstić information content (AvgIpc) is 3.53. The van der Waals surface area contributed by atoms with Crippen molar-refractivity contribution >= 4 is 29.9 Å². The molecule has 1 aromatic carbocycles. The molecule has 0 spiro atoms. The van der Waals surface area contributed by atoms with E-state index in [0.717, 1.165) is 36.5 Å². The summed E-state index contributed by atoms with van der Waals surface area (Å²) < 4.78 is 10.7. The van der Waals surface area contributed by atoms with Crippen LogP contribution in [-0.2, 0) is 13.0 Å². The van der Waals surface area contributed by atoms with Gasteiger partial charge in [0, 0.05) is 38.1 Å². The molecule has 32 heavy (non-hydrogen) atoms. The number of aliphatic imine (C=N–C) groups is 1. The van der Waals surface area contributed by atoms with E-state index in [1.54, 1.807) is 13.4 Å². The van der Waals surface area contributed by atoms with E-state index in [9.17, 15) is 0 Å². The van der Waals surface area contributed by atoms with Crippen LogP contribution in [0.15, 0.2) is 52.1 Å². The number of hydrogen-bond donors (Lipinski definition) is 2. The van der Waals surface area contributed by atoms with Crippen molar-refractivity contribution in [3.63, 3.8) is 0 Å². The van der Waals surface area contributed by atoms with E-state index < -0.39 is 0 Å². The lowest BCUT2D eigenvalue weighted by Gasteiger charge is -2.36. The number of likely N-dealkylation sites (tertiary alicyclic amines) is 1. The Bertz CT molecular complexity index is 796. The van der Waals surface area contributed by atoms with Crippen LogP contribution in [0.4, 0.5) is 0 Å². The molecule has 0 atom stereocenters. The summed E-state index contributed by atoms with van der Waals surface area (Å²) in [6, 6.07) is 13.4. The van der Waals surface area contributed by atoms with Crippen LogP contribution >= 0.6 is 24.0 Å². The van der Waals surface area contributed by atoms with Crippen LogP contribution in [0.5, 0.6) is 5.75 Å². The second-order valence-electron chi connectivity index (χ2n) is 8.66. The number of ether oxygens (including phenoxy) is 1. The molecule has 0 unspecified atom stereocenters. The number of piperidine rings is 1. The Kier molecular flexibility index (Phi) is 10.2. The highest BCUT2D eigenvalue weighted by atomic mass is 127. The van der Waals surface area contributed by atoms with Gasteiger partial charge < -0.3 is 24.7 Å². The van der Waals surface area contributed by atoms with Gasteiger partial charge in [-0.2, -0.15) is 0 Å². The first-order valence-electron chi connectivity index (χ1n) is 11.7. The minimum absolute atomic E-state index is 0. The Hall–Kier alpha value is -1.74. The molecule has 7 heteroatoms. The van der Waals surface area contributed by atoms with Gasteiger partial charge >= 0.3 is 0 Å². The maximum Gasteiger partial charge on any atom is 0.191 e. The Morgan fingerprint density at radius 1 is 1.09 bits per heavy atom. The summed E-state index contributed by atoms with van der Waals surface area (Å²) >= 11 is 0. The van der Waals surface area contributed by atoms with Crippen molar-refractivity contribution in [1.82, 2.24) is 15.5 Å². The maximum absolute atomic E-state index is 5.46. The van der Waals surface area contributed by atoms with E-state index >= 15 is 0 Å². The molecule has 6 nitrogen and oxygen atoms in total. The summed E-state index contributed by atoms with van der Waals surface area (Å²) in [5.74, 6) is 2.75. The fraction of sp³-hybridized carbons (Fsp3) is 0.560. The quantitative estimate of drug-likeness (QED) is 0.285. The number of methoxy groups -OCH3 is 1. The minimum atomic E-state index is 0. The smallest absolute Gasteiger partial charge is 0.191 e. The zero-order valence-electron chi connectivity index (χ0n) is 19.1. The van der Waals surface area contributed by atoms with Gasteiger partial charge in [-0.1, -0.05) is 25.0 Å². The number of nitrogens with zero attached hydrogens (tertiary/aromatic N) is 2. The molecule has 2 fully saturated rings. The first-order valence-corrected chi connectivity index (χ1v) is 11.7. The van der Waals surface area contributed by atoms with E-state index in [0.29, 0.717) is 12.6 Å². The Morgan fingerprint density at radius 3 is 2.50 bits per heavy atom. The van der Waals surface area contributed by atoms with Gasteiger partial charge in [0.15, 0.2) is 5.96 Å². The maximum atomic E-state index is 5.46. The van der Waals surface area contributed by atoms with Crippen LogP contribution in [-0.4, -0.2) is 49.7 Å². The van der Waals surface area contributed by atoms with E-state index in [4.69, 9.17) is 14.1 Å². The van der Waals surface area contributed by atoms with Gasteiger partial charge in [-0.3, -0.25) is 0 Å². The molecule has 1 aromatic heterocycles. The fourth-order valence-corrected chi connectivity index (χ4v) is 4.68. The van der Waals surface area contributed by atoms with Gasteiger partial charge in [0.2, 0.25) is 0 Å². The van der Waals surface area contributed by atoms with Gasteiger partial charge in [-0.15, -0.1) is 24.0 Å². The first kappa shape index (κ1) is 24.9. The van der Waals surface area contributed by atoms with Crippen molar-refractivity contribution in [1.29, 1.82) is 0 Å². The molecule has 1 saturated carbocycles.